The highest BCUT2D eigenvalue weighted by Crippen LogP contribution is 2.18. The maximum absolute atomic E-state index is 13.1. The van der Waals surface area contributed by atoms with Crippen LogP contribution in [0.3, 0.4) is 0 Å². The molecular formula is C15H15FO2. The maximum Gasteiger partial charge on any atom is 0.126 e. The van der Waals surface area contributed by atoms with Gasteiger partial charge in [0, 0.05) is 0 Å². The highest BCUT2D eigenvalue weighted by molar-refractivity contribution is 5.26. The van der Waals surface area contributed by atoms with Crippen LogP contribution in [0.25, 0.3) is 0 Å². The molecule has 3 heteroatoms. The molecule has 0 aromatic heterocycles. The van der Waals surface area contributed by atoms with Crippen LogP contribution in [0.15, 0.2) is 48.5 Å². The van der Waals surface area contributed by atoms with Crippen LogP contribution in [0.2, 0.25) is 0 Å². The average molecular weight is 246 g/mol. The van der Waals surface area contributed by atoms with E-state index in [1.807, 2.05) is 30.3 Å². The van der Waals surface area contributed by atoms with E-state index in [0.29, 0.717) is 16.9 Å². The van der Waals surface area contributed by atoms with Gasteiger partial charge in [0.1, 0.15) is 24.3 Å². The molecule has 0 fully saturated rings. The summed E-state index contributed by atoms with van der Waals surface area (Å²) < 4.78 is 18.5. The molecule has 1 N–H and O–H groups in total. The zero-order valence-electron chi connectivity index (χ0n) is 10.1. The summed E-state index contributed by atoms with van der Waals surface area (Å²) in [4.78, 5) is 0. The minimum atomic E-state index is -0.760. The summed E-state index contributed by atoms with van der Waals surface area (Å²) in [5.74, 6) is 0.435. The summed E-state index contributed by atoms with van der Waals surface area (Å²) in [6.45, 7) is 1.82. The van der Waals surface area contributed by atoms with Crippen molar-refractivity contribution in [2.75, 3.05) is 6.61 Å². The first kappa shape index (κ1) is 12.6. The lowest BCUT2D eigenvalue weighted by molar-refractivity contribution is 0.108. The summed E-state index contributed by atoms with van der Waals surface area (Å²) in [6.07, 6.45) is -0.760. The molecule has 0 saturated carbocycles. The molecule has 2 aromatic rings. The van der Waals surface area contributed by atoms with Crippen LogP contribution in [-0.4, -0.2) is 11.7 Å². The lowest BCUT2D eigenvalue weighted by atomic mass is 10.1. The van der Waals surface area contributed by atoms with Gasteiger partial charge in [-0.25, -0.2) is 4.39 Å². The number of hydrogen-bond acceptors (Lipinski definition) is 2. The average Bonchev–Trinajstić information content (AvgIpc) is 2.40. The van der Waals surface area contributed by atoms with Crippen molar-refractivity contribution in [3.05, 3.63) is 65.5 Å². The third-order valence-corrected chi connectivity index (χ3v) is 2.72. The Labute approximate surface area is 106 Å². The molecule has 1 unspecified atom stereocenters. The van der Waals surface area contributed by atoms with Crippen LogP contribution in [0.4, 0.5) is 4.39 Å². The van der Waals surface area contributed by atoms with Crippen molar-refractivity contribution in [2.24, 2.45) is 0 Å². The molecule has 0 aliphatic heterocycles. The monoisotopic (exact) mass is 246 g/mol. The largest absolute Gasteiger partial charge is 0.491 e. The number of benzene rings is 2. The van der Waals surface area contributed by atoms with Crippen LogP contribution >= 0.6 is 0 Å². The van der Waals surface area contributed by atoms with Crippen molar-refractivity contribution in [3.8, 4) is 5.75 Å². The predicted molar refractivity (Wildman–Crippen MR) is 68.0 cm³/mol. The smallest absolute Gasteiger partial charge is 0.126 e. The fourth-order valence-electron chi connectivity index (χ4n) is 1.66. The van der Waals surface area contributed by atoms with E-state index in [4.69, 9.17) is 4.74 Å². The standard InChI is InChI=1S/C15H15FO2/c1-11-9-12(7-8-14(11)16)15(17)10-18-13-5-3-2-4-6-13/h2-9,15,17H,10H2,1H3. The first-order valence-corrected chi connectivity index (χ1v) is 5.79. The summed E-state index contributed by atoms with van der Waals surface area (Å²) >= 11 is 0. The Morgan fingerprint density at radius 2 is 1.89 bits per heavy atom. The third kappa shape index (κ3) is 3.08. The first-order valence-electron chi connectivity index (χ1n) is 5.79. The predicted octanol–water partition coefficient (Wildman–Crippen LogP) is 3.25. The molecule has 0 amide bonds. The lowest BCUT2D eigenvalue weighted by Gasteiger charge is -2.13. The Bertz CT molecular complexity index is 511. The Hall–Kier alpha value is -1.87. The molecule has 94 valence electrons. The van der Waals surface area contributed by atoms with E-state index in [0.717, 1.165) is 0 Å². The minimum Gasteiger partial charge on any atom is -0.491 e. The van der Waals surface area contributed by atoms with Crippen molar-refractivity contribution >= 4 is 0 Å². The van der Waals surface area contributed by atoms with E-state index in [2.05, 4.69) is 0 Å². The summed E-state index contributed by atoms with van der Waals surface area (Å²) in [5.41, 5.74) is 1.18. The number of halogens is 1. The van der Waals surface area contributed by atoms with Gasteiger partial charge in [0.25, 0.3) is 0 Å². The van der Waals surface area contributed by atoms with Crippen LogP contribution in [-0.2, 0) is 0 Å². The van der Waals surface area contributed by atoms with Gasteiger partial charge in [-0.05, 0) is 36.2 Å². The summed E-state index contributed by atoms with van der Waals surface area (Å²) in [7, 11) is 0. The molecule has 18 heavy (non-hydrogen) atoms. The highest BCUT2D eigenvalue weighted by atomic mass is 19.1. The highest BCUT2D eigenvalue weighted by Gasteiger charge is 2.10. The van der Waals surface area contributed by atoms with Crippen molar-refractivity contribution in [1.29, 1.82) is 0 Å². The normalized spacial score (nSPS) is 12.2. The van der Waals surface area contributed by atoms with E-state index in [1.54, 1.807) is 19.1 Å². The van der Waals surface area contributed by atoms with Gasteiger partial charge >= 0.3 is 0 Å². The van der Waals surface area contributed by atoms with Crippen molar-refractivity contribution < 1.29 is 14.2 Å². The Morgan fingerprint density at radius 3 is 2.56 bits per heavy atom. The number of aryl methyl sites for hydroxylation is 1. The fraction of sp³-hybridized carbons (Fsp3) is 0.200. The molecule has 0 aliphatic rings. The molecule has 2 rings (SSSR count). The number of rotatable bonds is 4. The SMILES string of the molecule is Cc1cc(C(O)COc2ccccc2)ccc1F. The second-order valence-electron chi connectivity index (χ2n) is 4.15. The van der Waals surface area contributed by atoms with E-state index >= 15 is 0 Å². The van der Waals surface area contributed by atoms with E-state index in [9.17, 15) is 9.50 Å². The zero-order valence-corrected chi connectivity index (χ0v) is 10.1. The van der Waals surface area contributed by atoms with Gasteiger partial charge < -0.3 is 9.84 Å². The van der Waals surface area contributed by atoms with Gasteiger partial charge in [-0.2, -0.15) is 0 Å². The number of hydrogen-bond donors (Lipinski definition) is 1. The Morgan fingerprint density at radius 1 is 1.17 bits per heavy atom. The molecular weight excluding hydrogens is 231 g/mol. The van der Waals surface area contributed by atoms with E-state index in [1.165, 1.54) is 6.07 Å². The fourth-order valence-corrected chi connectivity index (χ4v) is 1.66. The quantitative estimate of drug-likeness (QED) is 0.897. The van der Waals surface area contributed by atoms with Crippen LogP contribution in [0, 0.1) is 12.7 Å². The second-order valence-corrected chi connectivity index (χ2v) is 4.15. The van der Waals surface area contributed by atoms with Gasteiger partial charge in [-0.15, -0.1) is 0 Å². The van der Waals surface area contributed by atoms with Crippen LogP contribution < -0.4 is 4.74 Å². The van der Waals surface area contributed by atoms with Gasteiger partial charge in [-0.1, -0.05) is 30.3 Å². The first-order chi connectivity index (χ1) is 8.66. The molecule has 0 radical (unpaired) electrons. The molecule has 0 aliphatic carbocycles. The third-order valence-electron chi connectivity index (χ3n) is 2.72. The molecule has 2 aromatic carbocycles. The minimum absolute atomic E-state index is 0.148. The van der Waals surface area contributed by atoms with Crippen LogP contribution in [0.5, 0.6) is 5.75 Å². The second kappa shape index (κ2) is 5.65. The Balaban J connectivity index is 1.99. The van der Waals surface area contributed by atoms with Crippen molar-refractivity contribution in [2.45, 2.75) is 13.0 Å². The summed E-state index contributed by atoms with van der Waals surface area (Å²) in [6, 6.07) is 13.8. The van der Waals surface area contributed by atoms with Crippen molar-refractivity contribution in [3.63, 3.8) is 0 Å². The van der Waals surface area contributed by atoms with Gasteiger partial charge in [0.05, 0.1) is 0 Å². The zero-order chi connectivity index (χ0) is 13.0. The van der Waals surface area contributed by atoms with Gasteiger partial charge in [0.15, 0.2) is 0 Å². The number of para-hydroxylation sites is 1. The summed E-state index contributed by atoms with van der Waals surface area (Å²) in [5, 5.41) is 9.95. The molecule has 0 heterocycles. The Kier molecular flexibility index (Phi) is 3.95. The number of aliphatic hydroxyl groups excluding tert-OH is 1. The number of ether oxygens (including phenoxy) is 1. The number of aliphatic hydroxyl groups is 1. The van der Waals surface area contributed by atoms with Crippen molar-refractivity contribution in [1.82, 2.24) is 0 Å². The van der Waals surface area contributed by atoms with Crippen LogP contribution in [0.1, 0.15) is 17.2 Å². The molecule has 1 atom stereocenters. The van der Waals surface area contributed by atoms with Gasteiger partial charge in [-0.3, -0.25) is 0 Å². The van der Waals surface area contributed by atoms with E-state index in [-0.39, 0.29) is 12.4 Å². The molecule has 0 spiro atoms. The topological polar surface area (TPSA) is 29.5 Å². The van der Waals surface area contributed by atoms with E-state index < -0.39 is 6.10 Å². The van der Waals surface area contributed by atoms with Gasteiger partial charge in [0.2, 0.25) is 0 Å². The maximum atomic E-state index is 13.1. The molecule has 2 nitrogen and oxygen atoms in total. The molecule has 0 bridgehead atoms. The lowest BCUT2D eigenvalue weighted by Crippen LogP contribution is -2.10. The molecule has 0 saturated heterocycles.